The maximum Gasteiger partial charge on any atom is 0.227 e. The molecule has 2 aromatic heterocycles. The quantitative estimate of drug-likeness (QED) is 0.673. The SMILES string of the molecule is CC[n+]1ccc(-c2nc3cc(C(C)C)ccc3o2)cc1. The highest BCUT2D eigenvalue weighted by molar-refractivity contribution is 5.76. The first kappa shape index (κ1) is 12.9. The van der Waals surface area contributed by atoms with Gasteiger partial charge in [-0.25, -0.2) is 9.55 Å². The van der Waals surface area contributed by atoms with Crippen LogP contribution in [0.2, 0.25) is 0 Å². The molecule has 0 unspecified atom stereocenters. The van der Waals surface area contributed by atoms with Gasteiger partial charge in [-0.3, -0.25) is 0 Å². The fourth-order valence-electron chi connectivity index (χ4n) is 2.24. The van der Waals surface area contributed by atoms with Crippen molar-refractivity contribution < 1.29 is 8.98 Å². The van der Waals surface area contributed by atoms with Gasteiger partial charge in [-0.05, 0) is 30.5 Å². The Balaban J connectivity index is 2.03. The van der Waals surface area contributed by atoms with E-state index in [2.05, 4.69) is 42.5 Å². The second-order valence-corrected chi connectivity index (χ2v) is 5.32. The van der Waals surface area contributed by atoms with E-state index < -0.39 is 0 Å². The van der Waals surface area contributed by atoms with Crippen molar-refractivity contribution in [1.29, 1.82) is 0 Å². The highest BCUT2D eigenvalue weighted by Crippen LogP contribution is 2.26. The van der Waals surface area contributed by atoms with Gasteiger partial charge in [0.1, 0.15) is 12.1 Å². The summed E-state index contributed by atoms with van der Waals surface area (Å²) in [5, 5.41) is 0. The van der Waals surface area contributed by atoms with E-state index in [4.69, 9.17) is 4.42 Å². The lowest BCUT2D eigenvalue weighted by atomic mass is 10.0. The Labute approximate surface area is 118 Å². The summed E-state index contributed by atoms with van der Waals surface area (Å²) in [5.41, 5.74) is 4.07. The third-order valence-corrected chi connectivity index (χ3v) is 3.58. The van der Waals surface area contributed by atoms with Gasteiger partial charge >= 0.3 is 0 Å². The van der Waals surface area contributed by atoms with Gasteiger partial charge in [0.2, 0.25) is 5.89 Å². The van der Waals surface area contributed by atoms with Crippen molar-refractivity contribution in [2.45, 2.75) is 33.2 Å². The molecule has 2 heterocycles. The van der Waals surface area contributed by atoms with Gasteiger partial charge in [-0.1, -0.05) is 19.9 Å². The molecule has 0 atom stereocenters. The van der Waals surface area contributed by atoms with Crippen LogP contribution in [0.15, 0.2) is 47.1 Å². The third kappa shape index (κ3) is 2.31. The van der Waals surface area contributed by atoms with E-state index in [0.29, 0.717) is 11.8 Å². The third-order valence-electron chi connectivity index (χ3n) is 3.58. The van der Waals surface area contributed by atoms with Crippen molar-refractivity contribution in [2.75, 3.05) is 0 Å². The number of oxazole rings is 1. The van der Waals surface area contributed by atoms with Gasteiger partial charge in [0.25, 0.3) is 0 Å². The van der Waals surface area contributed by atoms with Gasteiger partial charge < -0.3 is 4.42 Å². The first-order chi connectivity index (χ1) is 9.67. The summed E-state index contributed by atoms with van der Waals surface area (Å²) in [4.78, 5) is 4.61. The molecule has 0 aliphatic rings. The van der Waals surface area contributed by atoms with Crippen molar-refractivity contribution in [3.05, 3.63) is 48.3 Å². The van der Waals surface area contributed by atoms with Crippen molar-refractivity contribution >= 4 is 11.1 Å². The second kappa shape index (κ2) is 5.08. The van der Waals surface area contributed by atoms with E-state index in [1.807, 2.05) is 30.6 Å². The summed E-state index contributed by atoms with van der Waals surface area (Å²) in [5.74, 6) is 1.18. The molecule has 0 N–H and O–H groups in total. The molecule has 1 aromatic carbocycles. The van der Waals surface area contributed by atoms with E-state index in [1.165, 1.54) is 5.56 Å². The highest BCUT2D eigenvalue weighted by Gasteiger charge is 2.11. The Hall–Kier alpha value is -2.16. The van der Waals surface area contributed by atoms with Gasteiger partial charge in [0.15, 0.2) is 18.0 Å². The van der Waals surface area contributed by atoms with Crippen LogP contribution in [-0.4, -0.2) is 4.98 Å². The summed E-state index contributed by atoms with van der Waals surface area (Å²) >= 11 is 0. The average molecular weight is 267 g/mol. The molecule has 0 bridgehead atoms. The number of hydrogen-bond donors (Lipinski definition) is 0. The van der Waals surface area contributed by atoms with Crippen molar-refractivity contribution in [3.63, 3.8) is 0 Å². The Morgan fingerprint density at radius 1 is 1.15 bits per heavy atom. The lowest BCUT2D eigenvalue weighted by Gasteiger charge is -2.02. The van der Waals surface area contributed by atoms with E-state index in [-0.39, 0.29) is 0 Å². The first-order valence-electron chi connectivity index (χ1n) is 7.07. The summed E-state index contributed by atoms with van der Waals surface area (Å²) in [6, 6.07) is 10.3. The zero-order valence-corrected chi connectivity index (χ0v) is 12.1. The molecule has 102 valence electrons. The summed E-state index contributed by atoms with van der Waals surface area (Å²) in [6.45, 7) is 7.45. The molecular formula is C17H19N2O+. The van der Waals surface area contributed by atoms with Crippen molar-refractivity contribution in [3.8, 4) is 11.5 Å². The van der Waals surface area contributed by atoms with Crippen LogP contribution in [0.25, 0.3) is 22.6 Å². The van der Waals surface area contributed by atoms with Gasteiger partial charge in [-0.2, -0.15) is 0 Å². The van der Waals surface area contributed by atoms with Gasteiger partial charge in [0.05, 0.1) is 0 Å². The van der Waals surface area contributed by atoms with E-state index >= 15 is 0 Å². The zero-order valence-electron chi connectivity index (χ0n) is 12.1. The number of pyridine rings is 1. The lowest BCUT2D eigenvalue weighted by molar-refractivity contribution is -0.693. The molecule has 0 amide bonds. The maximum absolute atomic E-state index is 5.84. The van der Waals surface area contributed by atoms with E-state index in [1.54, 1.807) is 0 Å². The normalized spacial score (nSPS) is 11.4. The van der Waals surface area contributed by atoms with Crippen LogP contribution in [-0.2, 0) is 6.54 Å². The Morgan fingerprint density at radius 3 is 2.55 bits per heavy atom. The highest BCUT2D eigenvalue weighted by atomic mass is 16.3. The van der Waals surface area contributed by atoms with Gasteiger partial charge in [-0.15, -0.1) is 0 Å². The standard InChI is InChI=1S/C17H19N2O/c1-4-19-9-7-13(8-10-19)17-18-15-11-14(12(2)3)5-6-16(15)20-17/h5-12H,4H2,1-3H3/q+1. The van der Waals surface area contributed by atoms with Crippen molar-refractivity contribution in [1.82, 2.24) is 4.98 Å². The molecule has 0 spiro atoms. The number of rotatable bonds is 3. The molecule has 0 fully saturated rings. The monoisotopic (exact) mass is 267 g/mol. The van der Waals surface area contributed by atoms with Crippen LogP contribution in [0.3, 0.4) is 0 Å². The minimum atomic E-state index is 0.500. The Bertz CT molecular complexity index is 726. The number of fused-ring (bicyclic) bond motifs is 1. The average Bonchev–Trinajstić information content (AvgIpc) is 2.90. The number of hydrogen-bond acceptors (Lipinski definition) is 2. The van der Waals surface area contributed by atoms with Crippen LogP contribution < -0.4 is 4.57 Å². The van der Waals surface area contributed by atoms with E-state index in [0.717, 1.165) is 23.2 Å². The smallest absolute Gasteiger partial charge is 0.227 e. The largest absolute Gasteiger partial charge is 0.436 e. The number of aryl methyl sites for hydroxylation is 1. The lowest BCUT2D eigenvalue weighted by Crippen LogP contribution is -2.30. The Morgan fingerprint density at radius 2 is 1.90 bits per heavy atom. The minimum Gasteiger partial charge on any atom is -0.436 e. The summed E-state index contributed by atoms with van der Waals surface area (Å²) in [7, 11) is 0. The molecule has 20 heavy (non-hydrogen) atoms. The van der Waals surface area contributed by atoms with Crippen LogP contribution in [0.1, 0.15) is 32.3 Å². The molecule has 0 saturated heterocycles. The van der Waals surface area contributed by atoms with Crippen LogP contribution in [0.5, 0.6) is 0 Å². The molecule has 0 saturated carbocycles. The predicted octanol–water partition coefficient (Wildman–Crippen LogP) is 3.93. The zero-order chi connectivity index (χ0) is 14.1. The fourth-order valence-corrected chi connectivity index (χ4v) is 2.24. The summed E-state index contributed by atoms with van der Waals surface area (Å²) in [6.07, 6.45) is 4.09. The van der Waals surface area contributed by atoms with Crippen LogP contribution in [0.4, 0.5) is 0 Å². The number of benzene rings is 1. The molecule has 0 aliphatic carbocycles. The molecule has 3 aromatic rings. The molecule has 3 nitrogen and oxygen atoms in total. The minimum absolute atomic E-state index is 0.500. The Kier molecular flexibility index (Phi) is 3.26. The molecule has 0 aliphatic heterocycles. The van der Waals surface area contributed by atoms with E-state index in [9.17, 15) is 0 Å². The molecule has 3 rings (SSSR count). The first-order valence-corrected chi connectivity index (χ1v) is 7.07. The molecular weight excluding hydrogens is 248 g/mol. The maximum atomic E-state index is 5.84. The van der Waals surface area contributed by atoms with Crippen LogP contribution in [0, 0.1) is 0 Å². The summed E-state index contributed by atoms with van der Waals surface area (Å²) < 4.78 is 7.96. The number of nitrogens with zero attached hydrogens (tertiary/aromatic N) is 2. The second-order valence-electron chi connectivity index (χ2n) is 5.32. The predicted molar refractivity (Wildman–Crippen MR) is 79.4 cm³/mol. The molecule has 3 heteroatoms. The van der Waals surface area contributed by atoms with Crippen LogP contribution >= 0.6 is 0 Å². The topological polar surface area (TPSA) is 29.9 Å². The number of aromatic nitrogens is 2. The van der Waals surface area contributed by atoms with Gasteiger partial charge in [0, 0.05) is 17.7 Å². The van der Waals surface area contributed by atoms with Crippen molar-refractivity contribution in [2.24, 2.45) is 0 Å². The molecule has 0 radical (unpaired) electrons. The fraction of sp³-hybridized carbons (Fsp3) is 0.294.